The minimum atomic E-state index is -0.717. The number of hydrogen-bond acceptors (Lipinski definition) is 7. The molecule has 0 saturated heterocycles. The predicted octanol–water partition coefficient (Wildman–Crippen LogP) is 3.12. The number of aromatic nitrogens is 4. The molecule has 0 aliphatic carbocycles. The first-order chi connectivity index (χ1) is 18.3. The third-order valence-electron chi connectivity index (χ3n) is 6.74. The standard InChI is InChI=1S/C28H29N7O3/c1-17-5-4-6-19(13-17)24(16-36)31-26(37)18(2)35-15-21-8-7-20(14-22(21)27(35)38)23-9-11-29-28(32-23)33-25-10-12-30-34(25)3/h4-14,18,24,36H,15-16H2,1-3H3,(H,31,37)(H,29,32,33)/t18?,24-/m1/s1. The lowest BCUT2D eigenvalue weighted by molar-refractivity contribution is -0.126. The van der Waals surface area contributed by atoms with Crippen molar-refractivity contribution in [2.24, 2.45) is 7.05 Å². The van der Waals surface area contributed by atoms with Crippen LogP contribution in [0.25, 0.3) is 11.3 Å². The second-order valence-electron chi connectivity index (χ2n) is 9.37. The summed E-state index contributed by atoms with van der Waals surface area (Å²) < 4.78 is 1.68. The topological polar surface area (TPSA) is 125 Å². The zero-order valence-electron chi connectivity index (χ0n) is 21.4. The molecule has 194 valence electrons. The molecule has 38 heavy (non-hydrogen) atoms. The average molecular weight is 512 g/mol. The van der Waals surface area contributed by atoms with Crippen molar-refractivity contribution in [1.82, 2.24) is 30.0 Å². The average Bonchev–Trinajstić information content (AvgIpc) is 3.48. The van der Waals surface area contributed by atoms with Gasteiger partial charge in [-0.05, 0) is 37.1 Å². The second-order valence-corrected chi connectivity index (χ2v) is 9.37. The molecule has 3 heterocycles. The maximum Gasteiger partial charge on any atom is 0.255 e. The minimum absolute atomic E-state index is 0.220. The number of carbonyl (C=O) groups is 2. The number of rotatable bonds is 8. The fraction of sp³-hybridized carbons (Fsp3) is 0.250. The van der Waals surface area contributed by atoms with E-state index in [-0.39, 0.29) is 18.4 Å². The van der Waals surface area contributed by atoms with Crippen LogP contribution in [-0.4, -0.2) is 54.2 Å². The third-order valence-corrected chi connectivity index (χ3v) is 6.74. The maximum atomic E-state index is 13.4. The highest BCUT2D eigenvalue weighted by Gasteiger charge is 2.34. The fourth-order valence-corrected chi connectivity index (χ4v) is 4.54. The largest absolute Gasteiger partial charge is 0.394 e. The van der Waals surface area contributed by atoms with Gasteiger partial charge in [0.1, 0.15) is 11.9 Å². The Bertz CT molecular complexity index is 1500. The number of benzene rings is 2. The molecular formula is C28H29N7O3. The quantitative estimate of drug-likeness (QED) is 0.332. The molecule has 0 saturated carbocycles. The Kier molecular flexibility index (Phi) is 6.89. The van der Waals surface area contributed by atoms with Crippen molar-refractivity contribution in [1.29, 1.82) is 0 Å². The van der Waals surface area contributed by atoms with Crippen molar-refractivity contribution >= 4 is 23.6 Å². The summed E-state index contributed by atoms with van der Waals surface area (Å²) in [5, 5.41) is 20.0. The SMILES string of the molecule is Cc1cccc([C@@H](CO)NC(=O)C(C)N2Cc3ccc(-c4ccnc(Nc5ccnn5C)n4)cc3C2=O)c1. The summed E-state index contributed by atoms with van der Waals surface area (Å²) in [5.74, 6) is 0.619. The molecule has 2 aromatic heterocycles. The number of anilines is 2. The van der Waals surface area contributed by atoms with E-state index in [1.165, 1.54) is 0 Å². The molecule has 10 heteroatoms. The van der Waals surface area contributed by atoms with Crippen molar-refractivity contribution in [3.05, 3.63) is 89.2 Å². The zero-order chi connectivity index (χ0) is 26.8. The van der Waals surface area contributed by atoms with Gasteiger partial charge in [-0.2, -0.15) is 5.10 Å². The number of nitrogens with one attached hydrogen (secondary N) is 2. The molecule has 1 unspecified atom stereocenters. The summed E-state index contributed by atoms with van der Waals surface area (Å²) in [6.45, 7) is 3.74. The van der Waals surface area contributed by atoms with Crippen LogP contribution in [0.5, 0.6) is 0 Å². The molecule has 0 spiro atoms. The molecule has 4 aromatic rings. The number of fused-ring (bicyclic) bond motifs is 1. The molecular weight excluding hydrogens is 482 g/mol. The summed E-state index contributed by atoms with van der Waals surface area (Å²) in [6.07, 6.45) is 3.33. The number of aliphatic hydroxyl groups is 1. The Morgan fingerprint density at radius 2 is 1.97 bits per heavy atom. The molecule has 5 rings (SSSR count). The summed E-state index contributed by atoms with van der Waals surface area (Å²) in [6, 6.07) is 15.6. The smallest absolute Gasteiger partial charge is 0.255 e. The van der Waals surface area contributed by atoms with E-state index in [2.05, 4.69) is 25.7 Å². The zero-order valence-corrected chi connectivity index (χ0v) is 21.4. The van der Waals surface area contributed by atoms with Crippen molar-refractivity contribution in [3.63, 3.8) is 0 Å². The highest BCUT2D eigenvalue weighted by molar-refractivity contribution is 6.02. The van der Waals surface area contributed by atoms with Crippen LogP contribution < -0.4 is 10.6 Å². The summed E-state index contributed by atoms with van der Waals surface area (Å²) in [4.78, 5) is 36.9. The van der Waals surface area contributed by atoms with E-state index in [1.807, 2.05) is 62.5 Å². The van der Waals surface area contributed by atoms with Crippen LogP contribution in [0.3, 0.4) is 0 Å². The van der Waals surface area contributed by atoms with Gasteiger partial charge in [-0.1, -0.05) is 42.0 Å². The number of amides is 2. The first-order valence-electron chi connectivity index (χ1n) is 12.3. The second kappa shape index (κ2) is 10.4. The summed E-state index contributed by atoms with van der Waals surface area (Å²) in [5.41, 5.74) is 4.67. The fourth-order valence-electron chi connectivity index (χ4n) is 4.54. The lowest BCUT2D eigenvalue weighted by Gasteiger charge is -2.26. The Morgan fingerprint density at radius 3 is 2.71 bits per heavy atom. The van der Waals surface area contributed by atoms with E-state index in [4.69, 9.17) is 0 Å². The predicted molar refractivity (Wildman–Crippen MR) is 142 cm³/mol. The lowest BCUT2D eigenvalue weighted by atomic mass is 10.0. The van der Waals surface area contributed by atoms with E-state index >= 15 is 0 Å². The third kappa shape index (κ3) is 4.98. The van der Waals surface area contributed by atoms with Gasteiger partial charge in [-0.3, -0.25) is 14.3 Å². The first-order valence-corrected chi connectivity index (χ1v) is 12.3. The molecule has 2 amide bonds. The monoisotopic (exact) mass is 511 g/mol. The van der Waals surface area contributed by atoms with Gasteiger partial charge < -0.3 is 20.6 Å². The van der Waals surface area contributed by atoms with E-state index in [9.17, 15) is 14.7 Å². The molecule has 10 nitrogen and oxygen atoms in total. The van der Waals surface area contributed by atoms with Gasteiger partial charge in [0.15, 0.2) is 0 Å². The minimum Gasteiger partial charge on any atom is -0.394 e. The van der Waals surface area contributed by atoms with Gasteiger partial charge >= 0.3 is 0 Å². The van der Waals surface area contributed by atoms with Crippen LogP contribution in [-0.2, 0) is 18.4 Å². The van der Waals surface area contributed by atoms with Crippen LogP contribution >= 0.6 is 0 Å². The molecule has 2 aromatic carbocycles. The van der Waals surface area contributed by atoms with Gasteiger partial charge in [0.25, 0.3) is 5.91 Å². The Morgan fingerprint density at radius 1 is 1.13 bits per heavy atom. The van der Waals surface area contributed by atoms with Crippen LogP contribution in [0.1, 0.15) is 40.0 Å². The van der Waals surface area contributed by atoms with Crippen LogP contribution in [0.15, 0.2) is 67.0 Å². The molecule has 1 aliphatic rings. The summed E-state index contributed by atoms with van der Waals surface area (Å²) in [7, 11) is 1.82. The van der Waals surface area contributed by atoms with Crippen LogP contribution in [0.4, 0.5) is 11.8 Å². The maximum absolute atomic E-state index is 13.4. The van der Waals surface area contributed by atoms with Gasteiger partial charge in [0.05, 0.1) is 24.5 Å². The molecule has 0 bridgehead atoms. The number of nitrogens with zero attached hydrogens (tertiary/aromatic N) is 5. The number of hydrogen-bond donors (Lipinski definition) is 3. The van der Waals surface area contributed by atoms with Crippen LogP contribution in [0.2, 0.25) is 0 Å². The molecule has 0 fully saturated rings. The Hall–Kier alpha value is -4.57. The molecule has 1 aliphatic heterocycles. The molecule has 3 N–H and O–H groups in total. The highest BCUT2D eigenvalue weighted by Crippen LogP contribution is 2.30. The summed E-state index contributed by atoms with van der Waals surface area (Å²) >= 11 is 0. The van der Waals surface area contributed by atoms with Gasteiger partial charge in [-0.25, -0.2) is 9.97 Å². The van der Waals surface area contributed by atoms with E-state index < -0.39 is 12.1 Å². The van der Waals surface area contributed by atoms with Gasteiger partial charge in [0, 0.05) is 37.0 Å². The Balaban J connectivity index is 1.31. The van der Waals surface area contributed by atoms with Crippen molar-refractivity contribution < 1.29 is 14.7 Å². The van der Waals surface area contributed by atoms with Gasteiger partial charge in [-0.15, -0.1) is 0 Å². The number of aliphatic hydroxyl groups excluding tert-OH is 1. The van der Waals surface area contributed by atoms with Gasteiger partial charge in [0.2, 0.25) is 11.9 Å². The number of carbonyl (C=O) groups excluding carboxylic acids is 2. The molecule has 2 atom stereocenters. The van der Waals surface area contributed by atoms with Crippen molar-refractivity contribution in [2.45, 2.75) is 32.5 Å². The Labute approximate surface area is 220 Å². The van der Waals surface area contributed by atoms with Crippen LogP contribution in [0, 0.1) is 6.92 Å². The van der Waals surface area contributed by atoms with E-state index in [0.717, 1.165) is 28.1 Å². The van der Waals surface area contributed by atoms with Crippen molar-refractivity contribution in [3.8, 4) is 11.3 Å². The normalized spacial score (nSPS) is 14.2. The van der Waals surface area contributed by atoms with Crippen molar-refractivity contribution in [2.75, 3.05) is 11.9 Å². The first kappa shape index (κ1) is 25.1. The van der Waals surface area contributed by atoms with E-state index in [0.29, 0.717) is 23.8 Å². The lowest BCUT2D eigenvalue weighted by Crippen LogP contribution is -2.46. The van der Waals surface area contributed by atoms with E-state index in [1.54, 1.807) is 35.0 Å². The number of aryl methyl sites for hydroxylation is 2. The highest BCUT2D eigenvalue weighted by atomic mass is 16.3. The molecule has 0 radical (unpaired) electrons.